The Balaban J connectivity index is 2.99. The van der Waals surface area contributed by atoms with Gasteiger partial charge in [-0.05, 0) is 31.9 Å². The van der Waals surface area contributed by atoms with Gasteiger partial charge in [-0.2, -0.15) is 0 Å². The van der Waals surface area contributed by atoms with Crippen LogP contribution in [0.4, 0.5) is 0 Å². The van der Waals surface area contributed by atoms with E-state index >= 15 is 0 Å². The van der Waals surface area contributed by atoms with Crippen molar-refractivity contribution in [2.45, 2.75) is 44.6 Å². The summed E-state index contributed by atoms with van der Waals surface area (Å²) in [7, 11) is -3.47. The standard InChI is InChI=1S/C13H22N2O2S/c1-4-5-12(9-14)15-18(16,17)13-7-6-10(2)8-11(13)3/h6-8,12,15H,4-5,9,14H2,1-3H3. The first kappa shape index (κ1) is 15.1. The van der Waals surface area contributed by atoms with Gasteiger partial charge in [0.25, 0.3) is 0 Å². The molecule has 0 saturated carbocycles. The summed E-state index contributed by atoms with van der Waals surface area (Å²) < 4.78 is 27.2. The summed E-state index contributed by atoms with van der Waals surface area (Å²) in [5.41, 5.74) is 7.39. The van der Waals surface area contributed by atoms with Crippen molar-refractivity contribution < 1.29 is 8.42 Å². The Labute approximate surface area is 110 Å². The van der Waals surface area contributed by atoms with Crippen LogP contribution >= 0.6 is 0 Å². The highest BCUT2D eigenvalue weighted by Gasteiger charge is 2.20. The molecule has 0 bridgehead atoms. The van der Waals surface area contributed by atoms with Gasteiger partial charge in [0, 0.05) is 12.6 Å². The number of aryl methyl sites for hydroxylation is 2. The molecular weight excluding hydrogens is 248 g/mol. The van der Waals surface area contributed by atoms with E-state index in [4.69, 9.17) is 5.73 Å². The van der Waals surface area contributed by atoms with E-state index < -0.39 is 10.0 Å². The number of nitrogens with two attached hydrogens (primary N) is 1. The van der Waals surface area contributed by atoms with Crippen molar-refractivity contribution in [1.29, 1.82) is 0 Å². The van der Waals surface area contributed by atoms with Crippen molar-refractivity contribution in [3.8, 4) is 0 Å². The molecule has 1 aromatic carbocycles. The maximum Gasteiger partial charge on any atom is 0.241 e. The molecule has 0 saturated heterocycles. The fourth-order valence-electron chi connectivity index (χ4n) is 1.96. The molecule has 18 heavy (non-hydrogen) atoms. The molecule has 1 atom stereocenters. The second kappa shape index (κ2) is 6.31. The number of hydrogen-bond acceptors (Lipinski definition) is 3. The molecule has 0 aliphatic carbocycles. The lowest BCUT2D eigenvalue weighted by atomic mass is 10.2. The number of hydrogen-bond donors (Lipinski definition) is 2. The van der Waals surface area contributed by atoms with Gasteiger partial charge in [-0.1, -0.05) is 31.0 Å². The number of sulfonamides is 1. The van der Waals surface area contributed by atoms with E-state index in [0.717, 1.165) is 24.0 Å². The van der Waals surface area contributed by atoms with E-state index in [2.05, 4.69) is 4.72 Å². The van der Waals surface area contributed by atoms with Gasteiger partial charge < -0.3 is 5.73 Å². The van der Waals surface area contributed by atoms with Gasteiger partial charge >= 0.3 is 0 Å². The maximum absolute atomic E-state index is 12.2. The first-order chi connectivity index (χ1) is 8.40. The van der Waals surface area contributed by atoms with Gasteiger partial charge in [-0.3, -0.25) is 0 Å². The summed E-state index contributed by atoms with van der Waals surface area (Å²) in [6, 6.07) is 5.12. The number of nitrogens with one attached hydrogen (secondary N) is 1. The minimum Gasteiger partial charge on any atom is -0.329 e. The molecule has 0 spiro atoms. The maximum atomic E-state index is 12.2. The van der Waals surface area contributed by atoms with Crippen molar-refractivity contribution in [3.63, 3.8) is 0 Å². The average molecular weight is 270 g/mol. The molecule has 4 nitrogen and oxygen atoms in total. The molecule has 1 rings (SSSR count). The van der Waals surface area contributed by atoms with Crippen molar-refractivity contribution >= 4 is 10.0 Å². The third kappa shape index (κ3) is 3.80. The summed E-state index contributed by atoms with van der Waals surface area (Å²) in [5, 5.41) is 0. The molecule has 0 aliphatic rings. The van der Waals surface area contributed by atoms with Crippen LogP contribution in [0, 0.1) is 13.8 Å². The van der Waals surface area contributed by atoms with Crippen molar-refractivity contribution in [2.75, 3.05) is 6.54 Å². The molecule has 0 radical (unpaired) electrons. The lowest BCUT2D eigenvalue weighted by Gasteiger charge is -2.17. The smallest absolute Gasteiger partial charge is 0.241 e. The van der Waals surface area contributed by atoms with E-state index in [0.29, 0.717) is 11.4 Å². The van der Waals surface area contributed by atoms with Crippen LogP contribution in [-0.4, -0.2) is 21.0 Å². The third-order valence-corrected chi connectivity index (χ3v) is 4.54. The molecule has 5 heteroatoms. The van der Waals surface area contributed by atoms with Crippen molar-refractivity contribution in [2.24, 2.45) is 5.73 Å². The topological polar surface area (TPSA) is 72.2 Å². The third-order valence-electron chi connectivity index (χ3n) is 2.86. The zero-order valence-electron chi connectivity index (χ0n) is 11.2. The Morgan fingerprint density at radius 1 is 1.33 bits per heavy atom. The van der Waals surface area contributed by atoms with Gasteiger partial charge in [-0.15, -0.1) is 0 Å². The van der Waals surface area contributed by atoms with E-state index in [9.17, 15) is 8.42 Å². The Morgan fingerprint density at radius 3 is 2.50 bits per heavy atom. The van der Waals surface area contributed by atoms with Crippen LogP contribution < -0.4 is 10.5 Å². The highest BCUT2D eigenvalue weighted by Crippen LogP contribution is 2.17. The second-order valence-corrected chi connectivity index (χ2v) is 6.29. The highest BCUT2D eigenvalue weighted by atomic mass is 32.2. The van der Waals surface area contributed by atoms with Crippen molar-refractivity contribution in [1.82, 2.24) is 4.72 Å². The quantitative estimate of drug-likeness (QED) is 0.826. The van der Waals surface area contributed by atoms with E-state index in [1.165, 1.54) is 0 Å². The Hall–Kier alpha value is -0.910. The van der Waals surface area contributed by atoms with Crippen LogP contribution in [0.5, 0.6) is 0 Å². The molecule has 0 amide bonds. The SMILES string of the molecule is CCCC(CN)NS(=O)(=O)c1ccc(C)cc1C. The molecular formula is C13H22N2O2S. The van der Waals surface area contributed by atoms with Gasteiger partial charge in [0.1, 0.15) is 0 Å². The average Bonchev–Trinajstić information content (AvgIpc) is 2.27. The summed E-state index contributed by atoms with van der Waals surface area (Å²) >= 11 is 0. The highest BCUT2D eigenvalue weighted by molar-refractivity contribution is 7.89. The zero-order valence-corrected chi connectivity index (χ0v) is 12.0. The normalized spacial score (nSPS) is 13.6. The zero-order chi connectivity index (χ0) is 13.8. The van der Waals surface area contributed by atoms with Gasteiger partial charge in [0.15, 0.2) is 0 Å². The van der Waals surface area contributed by atoms with Crippen LogP contribution in [-0.2, 0) is 10.0 Å². The van der Waals surface area contributed by atoms with E-state index in [1.807, 2.05) is 19.9 Å². The van der Waals surface area contributed by atoms with Crippen LogP contribution in [0.3, 0.4) is 0 Å². The van der Waals surface area contributed by atoms with Gasteiger partial charge in [-0.25, -0.2) is 13.1 Å². The summed E-state index contributed by atoms with van der Waals surface area (Å²) in [6.45, 7) is 6.07. The summed E-state index contributed by atoms with van der Waals surface area (Å²) in [5.74, 6) is 0. The monoisotopic (exact) mass is 270 g/mol. The van der Waals surface area contributed by atoms with E-state index in [-0.39, 0.29) is 6.04 Å². The lowest BCUT2D eigenvalue weighted by Crippen LogP contribution is -2.40. The Morgan fingerprint density at radius 2 is 2.00 bits per heavy atom. The largest absolute Gasteiger partial charge is 0.329 e. The Bertz CT molecular complexity index is 498. The molecule has 3 N–H and O–H groups in total. The summed E-state index contributed by atoms with van der Waals surface area (Å²) in [6.07, 6.45) is 1.65. The fraction of sp³-hybridized carbons (Fsp3) is 0.538. The minimum absolute atomic E-state index is 0.194. The first-order valence-electron chi connectivity index (χ1n) is 6.20. The van der Waals surface area contributed by atoms with Crippen LogP contribution in [0.1, 0.15) is 30.9 Å². The molecule has 0 aromatic heterocycles. The fourth-order valence-corrected chi connectivity index (χ4v) is 3.47. The van der Waals surface area contributed by atoms with Crippen LogP contribution in [0.2, 0.25) is 0 Å². The molecule has 0 heterocycles. The predicted molar refractivity (Wildman–Crippen MR) is 74.0 cm³/mol. The molecule has 1 aromatic rings. The molecule has 102 valence electrons. The van der Waals surface area contributed by atoms with Crippen LogP contribution in [0.15, 0.2) is 23.1 Å². The van der Waals surface area contributed by atoms with Gasteiger partial charge in [0.05, 0.1) is 4.90 Å². The van der Waals surface area contributed by atoms with Gasteiger partial charge in [0.2, 0.25) is 10.0 Å². The van der Waals surface area contributed by atoms with Crippen LogP contribution in [0.25, 0.3) is 0 Å². The molecule has 0 aliphatic heterocycles. The Kier molecular flexibility index (Phi) is 5.31. The number of rotatable bonds is 6. The first-order valence-corrected chi connectivity index (χ1v) is 7.68. The lowest BCUT2D eigenvalue weighted by molar-refractivity contribution is 0.526. The number of benzene rings is 1. The molecule has 0 fully saturated rings. The predicted octanol–water partition coefficient (Wildman–Crippen LogP) is 1.71. The van der Waals surface area contributed by atoms with Crippen molar-refractivity contribution in [3.05, 3.63) is 29.3 Å². The summed E-state index contributed by atoms with van der Waals surface area (Å²) in [4.78, 5) is 0.336. The minimum atomic E-state index is -3.47. The molecule has 1 unspecified atom stereocenters. The van der Waals surface area contributed by atoms with E-state index in [1.54, 1.807) is 19.1 Å². The second-order valence-electron chi connectivity index (χ2n) is 4.61.